The molecule has 10 heteroatoms. The summed E-state index contributed by atoms with van der Waals surface area (Å²) in [5, 5.41) is 16.5. The highest BCUT2D eigenvalue weighted by molar-refractivity contribution is 6.32. The van der Waals surface area contributed by atoms with E-state index in [1.807, 2.05) is 13.0 Å². The second-order valence-electron chi connectivity index (χ2n) is 7.74. The molecule has 0 aliphatic carbocycles. The average Bonchev–Trinajstić information content (AvgIpc) is 3.26. The number of benzene rings is 1. The summed E-state index contributed by atoms with van der Waals surface area (Å²) in [7, 11) is 0. The normalized spacial score (nSPS) is 15.6. The van der Waals surface area contributed by atoms with Gasteiger partial charge in [-0.05, 0) is 30.7 Å². The molecular formula is C22H21Cl2FN4O3. The lowest BCUT2D eigenvalue weighted by Crippen LogP contribution is -2.45. The minimum absolute atomic E-state index is 0.0692. The van der Waals surface area contributed by atoms with E-state index in [0.717, 1.165) is 5.56 Å². The van der Waals surface area contributed by atoms with Crippen LogP contribution in [0, 0.1) is 6.92 Å². The summed E-state index contributed by atoms with van der Waals surface area (Å²) in [6, 6.07) is 8.10. The minimum atomic E-state index is -1.75. The number of likely N-dealkylation sites (tertiary alicyclic amines) is 1. The molecule has 2 aromatic heterocycles. The Balaban J connectivity index is 1.43. The molecule has 0 spiro atoms. The number of hydrogen-bond donors (Lipinski definition) is 2. The van der Waals surface area contributed by atoms with Crippen LogP contribution in [0.2, 0.25) is 10.0 Å². The van der Waals surface area contributed by atoms with Crippen LogP contribution in [0.3, 0.4) is 0 Å². The number of hydrogen-bond acceptors (Lipinski definition) is 5. The molecule has 168 valence electrons. The third-order valence-electron chi connectivity index (χ3n) is 5.54. The Kier molecular flexibility index (Phi) is 6.37. The van der Waals surface area contributed by atoms with E-state index in [1.165, 1.54) is 6.20 Å². The standard InChI is InChI=1S/C22H21Cl2FN4O3/c1-13-2-3-15(9-17(13)23)27-21(31)29-6-4-22(25,5-7-29)20-18(24)8-14(11-26-20)19-10-16(12-30)32-28-19/h2-3,8-11,30H,4-7,12H2,1H3,(H,27,31). The van der Waals surface area contributed by atoms with E-state index < -0.39 is 5.67 Å². The molecule has 0 atom stereocenters. The predicted molar refractivity (Wildman–Crippen MR) is 119 cm³/mol. The number of halogens is 3. The first-order valence-corrected chi connectivity index (χ1v) is 10.8. The van der Waals surface area contributed by atoms with Crippen LogP contribution in [0.15, 0.2) is 41.1 Å². The minimum Gasteiger partial charge on any atom is -0.388 e. The van der Waals surface area contributed by atoms with Gasteiger partial charge in [0.05, 0.1) is 10.7 Å². The van der Waals surface area contributed by atoms with Gasteiger partial charge in [-0.25, -0.2) is 9.18 Å². The molecule has 2 amide bonds. The Morgan fingerprint density at radius 2 is 2.00 bits per heavy atom. The number of aromatic nitrogens is 2. The largest absolute Gasteiger partial charge is 0.388 e. The van der Waals surface area contributed by atoms with E-state index in [1.54, 1.807) is 29.2 Å². The van der Waals surface area contributed by atoms with E-state index in [4.69, 9.17) is 32.8 Å². The Bertz CT molecular complexity index is 1150. The number of aryl methyl sites for hydroxylation is 1. The van der Waals surface area contributed by atoms with Gasteiger partial charge in [-0.2, -0.15) is 0 Å². The first kappa shape index (κ1) is 22.5. The first-order valence-electron chi connectivity index (χ1n) is 10.0. The summed E-state index contributed by atoms with van der Waals surface area (Å²) >= 11 is 12.5. The van der Waals surface area contributed by atoms with Gasteiger partial charge in [-0.1, -0.05) is 34.4 Å². The molecule has 3 heterocycles. The van der Waals surface area contributed by atoms with Gasteiger partial charge < -0.3 is 19.8 Å². The summed E-state index contributed by atoms with van der Waals surface area (Å²) < 4.78 is 20.7. The fraction of sp³-hybridized carbons (Fsp3) is 0.318. The lowest BCUT2D eigenvalue weighted by atomic mass is 9.89. The topological polar surface area (TPSA) is 91.5 Å². The molecule has 1 fully saturated rings. The molecule has 0 unspecified atom stereocenters. The van der Waals surface area contributed by atoms with Gasteiger partial charge in [0.15, 0.2) is 11.4 Å². The number of anilines is 1. The smallest absolute Gasteiger partial charge is 0.321 e. The van der Waals surface area contributed by atoms with E-state index in [0.29, 0.717) is 27.7 Å². The number of carbonyl (C=O) groups excluding carboxylic acids is 1. The van der Waals surface area contributed by atoms with Gasteiger partial charge in [-0.15, -0.1) is 0 Å². The number of aliphatic hydroxyl groups is 1. The van der Waals surface area contributed by atoms with Gasteiger partial charge in [0.2, 0.25) is 0 Å². The van der Waals surface area contributed by atoms with Crippen LogP contribution in [-0.2, 0) is 12.3 Å². The van der Waals surface area contributed by atoms with Gasteiger partial charge in [0, 0.05) is 54.5 Å². The lowest BCUT2D eigenvalue weighted by molar-refractivity contribution is 0.0684. The molecule has 0 saturated carbocycles. The molecule has 1 aliphatic rings. The Labute approximate surface area is 194 Å². The number of piperidine rings is 1. The quantitative estimate of drug-likeness (QED) is 0.528. The number of carbonyl (C=O) groups is 1. The molecular weight excluding hydrogens is 458 g/mol. The Hall–Kier alpha value is -2.68. The summed E-state index contributed by atoms with van der Waals surface area (Å²) in [6.45, 7) is 2.03. The van der Waals surface area contributed by atoms with Crippen LogP contribution >= 0.6 is 23.2 Å². The highest BCUT2D eigenvalue weighted by Crippen LogP contribution is 2.40. The Morgan fingerprint density at radius 3 is 2.62 bits per heavy atom. The lowest BCUT2D eigenvalue weighted by Gasteiger charge is -2.36. The zero-order chi connectivity index (χ0) is 22.9. The van der Waals surface area contributed by atoms with Crippen molar-refractivity contribution in [1.29, 1.82) is 0 Å². The van der Waals surface area contributed by atoms with E-state index in [-0.39, 0.29) is 49.3 Å². The molecule has 3 aromatic rings. The number of alkyl halides is 1. The number of aliphatic hydroxyl groups excluding tert-OH is 1. The van der Waals surface area contributed by atoms with E-state index >= 15 is 4.39 Å². The van der Waals surface area contributed by atoms with E-state index in [2.05, 4.69) is 15.5 Å². The number of nitrogens with one attached hydrogen (secondary N) is 1. The molecule has 4 rings (SSSR count). The number of pyridine rings is 1. The zero-order valence-electron chi connectivity index (χ0n) is 17.2. The molecule has 1 aromatic carbocycles. The van der Waals surface area contributed by atoms with Gasteiger partial charge in [0.1, 0.15) is 12.3 Å². The molecule has 1 saturated heterocycles. The maximum atomic E-state index is 15.7. The van der Waals surface area contributed by atoms with Crippen molar-refractivity contribution in [3.8, 4) is 11.3 Å². The highest BCUT2D eigenvalue weighted by Gasteiger charge is 2.40. The molecule has 32 heavy (non-hydrogen) atoms. The number of amides is 2. The van der Waals surface area contributed by atoms with Crippen LogP contribution in [0.5, 0.6) is 0 Å². The zero-order valence-corrected chi connectivity index (χ0v) is 18.8. The SMILES string of the molecule is Cc1ccc(NC(=O)N2CCC(F)(c3ncc(-c4cc(CO)on4)cc3Cl)CC2)cc1Cl. The van der Waals surface area contributed by atoms with E-state index in [9.17, 15) is 4.79 Å². The predicted octanol–water partition coefficient (Wildman–Crippen LogP) is 5.34. The third kappa shape index (κ3) is 4.57. The van der Waals surface area contributed by atoms with Gasteiger partial charge in [-0.3, -0.25) is 4.98 Å². The van der Waals surface area contributed by atoms with Crippen molar-refractivity contribution in [3.05, 3.63) is 63.6 Å². The van der Waals surface area contributed by atoms with Crippen LogP contribution in [0.25, 0.3) is 11.3 Å². The van der Waals surface area contributed by atoms with Crippen LogP contribution in [-0.4, -0.2) is 39.3 Å². The van der Waals surface area contributed by atoms with Gasteiger partial charge in [0.25, 0.3) is 0 Å². The van der Waals surface area contributed by atoms with Crippen molar-refractivity contribution in [2.24, 2.45) is 0 Å². The Morgan fingerprint density at radius 1 is 1.25 bits per heavy atom. The maximum absolute atomic E-state index is 15.7. The molecule has 1 aliphatic heterocycles. The van der Waals surface area contributed by atoms with Crippen molar-refractivity contribution in [1.82, 2.24) is 15.0 Å². The number of nitrogens with zero attached hydrogens (tertiary/aromatic N) is 3. The van der Waals surface area contributed by atoms with Crippen LogP contribution in [0.1, 0.15) is 29.9 Å². The fourth-order valence-electron chi connectivity index (χ4n) is 3.61. The maximum Gasteiger partial charge on any atom is 0.321 e. The fourth-order valence-corrected chi connectivity index (χ4v) is 4.12. The average molecular weight is 479 g/mol. The monoisotopic (exact) mass is 478 g/mol. The van der Waals surface area contributed by atoms with Crippen molar-refractivity contribution in [2.75, 3.05) is 18.4 Å². The van der Waals surface area contributed by atoms with Crippen molar-refractivity contribution < 1.29 is 18.8 Å². The molecule has 0 bridgehead atoms. The third-order valence-corrected chi connectivity index (χ3v) is 6.24. The molecule has 2 N–H and O–H groups in total. The second-order valence-corrected chi connectivity index (χ2v) is 8.55. The molecule has 0 radical (unpaired) electrons. The first-order chi connectivity index (χ1) is 15.3. The highest BCUT2D eigenvalue weighted by atomic mass is 35.5. The summed E-state index contributed by atoms with van der Waals surface area (Å²) in [5.74, 6) is 0.306. The number of urea groups is 1. The summed E-state index contributed by atoms with van der Waals surface area (Å²) in [5.41, 5.74) is 0.890. The second kappa shape index (κ2) is 9.05. The summed E-state index contributed by atoms with van der Waals surface area (Å²) in [6.07, 6.45) is 1.61. The van der Waals surface area contributed by atoms with Crippen LogP contribution in [0.4, 0.5) is 14.9 Å². The van der Waals surface area contributed by atoms with Crippen molar-refractivity contribution in [3.63, 3.8) is 0 Å². The summed E-state index contributed by atoms with van der Waals surface area (Å²) in [4.78, 5) is 18.4. The van der Waals surface area contributed by atoms with Crippen LogP contribution < -0.4 is 5.32 Å². The van der Waals surface area contributed by atoms with Gasteiger partial charge >= 0.3 is 6.03 Å². The van der Waals surface area contributed by atoms with Crippen molar-refractivity contribution in [2.45, 2.75) is 32.0 Å². The number of rotatable bonds is 4. The molecule has 7 nitrogen and oxygen atoms in total. The van der Waals surface area contributed by atoms with Crippen molar-refractivity contribution >= 4 is 34.9 Å².